The number of carbonyl (C=O) groups is 1. The number of hydrogen-bond donors (Lipinski definition) is 4. The van der Waals surface area contributed by atoms with E-state index in [1.807, 2.05) is 0 Å². The second-order valence-electron chi connectivity index (χ2n) is 4.54. The van der Waals surface area contributed by atoms with Crippen LogP contribution in [0.15, 0.2) is 0 Å². The van der Waals surface area contributed by atoms with Gasteiger partial charge in [-0.3, -0.25) is 4.90 Å². The number of nitrogens with zero attached hydrogens (tertiary/aromatic N) is 1. The molecule has 0 aromatic rings. The van der Waals surface area contributed by atoms with Crippen molar-refractivity contribution >= 4 is 6.03 Å². The summed E-state index contributed by atoms with van der Waals surface area (Å²) < 4.78 is 5.46. The lowest BCUT2D eigenvalue weighted by Gasteiger charge is -2.36. The molecule has 0 aromatic carbocycles. The number of urea groups is 1. The predicted molar refractivity (Wildman–Crippen MR) is 56.8 cm³/mol. The number of aliphatic hydroxyl groups is 3. The Morgan fingerprint density at radius 3 is 2.76 bits per heavy atom. The average molecular weight is 246 g/mol. The van der Waals surface area contributed by atoms with E-state index in [0.29, 0.717) is 13.0 Å². The molecule has 7 heteroatoms. The van der Waals surface area contributed by atoms with Crippen molar-refractivity contribution in [2.45, 2.75) is 38.0 Å². The summed E-state index contributed by atoms with van der Waals surface area (Å²) in [5.74, 6) is -0.270. The Bertz CT molecular complexity index is 300. The molecule has 0 spiro atoms. The van der Waals surface area contributed by atoms with Gasteiger partial charge in [-0.05, 0) is 0 Å². The molecule has 0 aromatic heterocycles. The zero-order chi connectivity index (χ0) is 12.6. The van der Waals surface area contributed by atoms with Gasteiger partial charge >= 0.3 is 6.03 Å². The fraction of sp³-hybridized carbons (Fsp3) is 0.900. The van der Waals surface area contributed by atoms with Crippen molar-refractivity contribution in [1.82, 2.24) is 10.2 Å². The molecule has 0 bridgehead atoms. The minimum Gasteiger partial charge on any atom is -0.394 e. The fourth-order valence-corrected chi connectivity index (χ4v) is 2.30. The molecular formula is C10H18N2O5. The molecule has 1 unspecified atom stereocenters. The van der Waals surface area contributed by atoms with Gasteiger partial charge in [0.25, 0.3) is 0 Å². The number of ether oxygens (including phenoxy) is 1. The van der Waals surface area contributed by atoms with Crippen LogP contribution in [0.25, 0.3) is 0 Å². The lowest BCUT2D eigenvalue weighted by atomic mass is 10.0. The zero-order valence-corrected chi connectivity index (χ0v) is 9.61. The van der Waals surface area contributed by atoms with Crippen LogP contribution in [-0.2, 0) is 4.74 Å². The third-order valence-electron chi connectivity index (χ3n) is 3.37. The van der Waals surface area contributed by atoms with Gasteiger partial charge in [0.05, 0.1) is 12.7 Å². The zero-order valence-electron chi connectivity index (χ0n) is 9.61. The smallest absolute Gasteiger partial charge is 0.321 e. The molecule has 2 amide bonds. The molecule has 2 aliphatic rings. The van der Waals surface area contributed by atoms with Crippen LogP contribution in [0.4, 0.5) is 4.79 Å². The van der Waals surface area contributed by atoms with Gasteiger partial charge in [-0.1, -0.05) is 6.92 Å². The highest BCUT2D eigenvalue weighted by molar-refractivity contribution is 5.75. The number of carbonyl (C=O) groups excluding carboxylic acids is 1. The van der Waals surface area contributed by atoms with Gasteiger partial charge in [-0.25, -0.2) is 4.79 Å². The highest BCUT2D eigenvalue weighted by atomic mass is 16.5. The van der Waals surface area contributed by atoms with Crippen molar-refractivity contribution in [3.63, 3.8) is 0 Å². The largest absolute Gasteiger partial charge is 0.394 e. The summed E-state index contributed by atoms with van der Waals surface area (Å²) in [4.78, 5) is 13.1. The molecule has 5 atom stereocenters. The minimum absolute atomic E-state index is 0.270. The van der Waals surface area contributed by atoms with E-state index in [-0.39, 0.29) is 12.5 Å². The van der Waals surface area contributed by atoms with Crippen LogP contribution < -0.4 is 5.32 Å². The van der Waals surface area contributed by atoms with E-state index in [4.69, 9.17) is 9.84 Å². The van der Waals surface area contributed by atoms with Crippen molar-refractivity contribution < 1.29 is 24.9 Å². The van der Waals surface area contributed by atoms with E-state index in [2.05, 4.69) is 5.32 Å². The van der Waals surface area contributed by atoms with Crippen molar-refractivity contribution in [3.8, 4) is 0 Å². The molecule has 7 nitrogen and oxygen atoms in total. The molecule has 17 heavy (non-hydrogen) atoms. The highest BCUT2D eigenvalue weighted by Gasteiger charge is 2.45. The molecule has 4 N–H and O–H groups in total. The fourth-order valence-electron chi connectivity index (χ4n) is 2.30. The van der Waals surface area contributed by atoms with Gasteiger partial charge in [0.1, 0.15) is 18.6 Å². The van der Waals surface area contributed by atoms with Gasteiger partial charge in [0, 0.05) is 18.9 Å². The molecule has 2 fully saturated rings. The Kier molecular flexibility index (Phi) is 3.53. The van der Waals surface area contributed by atoms with E-state index < -0.39 is 30.7 Å². The monoisotopic (exact) mass is 246 g/mol. The maximum Gasteiger partial charge on any atom is 0.321 e. The second-order valence-corrected chi connectivity index (χ2v) is 4.54. The van der Waals surface area contributed by atoms with Crippen molar-refractivity contribution in [2.24, 2.45) is 5.92 Å². The standard InChI is InChI=1S/C10H18N2O5/c1-5-8(15)6(4-13)17-9(5)12-3-2-7(14)11-10(12)16/h5-9,13-15H,2-4H2,1H3,(H,11,16)/t5-,6-,7-,8+,9?/m1/s1. The van der Waals surface area contributed by atoms with Crippen LogP contribution >= 0.6 is 0 Å². The maximum atomic E-state index is 11.7. The lowest BCUT2D eigenvalue weighted by Crippen LogP contribution is -2.56. The predicted octanol–water partition coefficient (Wildman–Crippen LogP) is -1.57. The Morgan fingerprint density at radius 1 is 1.53 bits per heavy atom. The van der Waals surface area contributed by atoms with Crippen molar-refractivity contribution in [2.75, 3.05) is 13.2 Å². The molecule has 2 aliphatic heterocycles. The first-order valence-electron chi connectivity index (χ1n) is 5.74. The first kappa shape index (κ1) is 12.6. The SMILES string of the molecule is C[C@H]1C(N2CC[C@@H](O)NC2=O)O[C@H](CO)[C@H]1O. The quantitative estimate of drug-likeness (QED) is 0.471. The third kappa shape index (κ3) is 2.23. The van der Waals surface area contributed by atoms with Gasteiger partial charge in [0.2, 0.25) is 0 Å². The minimum atomic E-state index is -0.825. The molecule has 98 valence electrons. The van der Waals surface area contributed by atoms with Crippen LogP contribution in [0.1, 0.15) is 13.3 Å². The average Bonchev–Trinajstić information content (AvgIpc) is 2.57. The molecule has 0 aliphatic carbocycles. The van der Waals surface area contributed by atoms with Gasteiger partial charge < -0.3 is 25.4 Å². The Morgan fingerprint density at radius 2 is 2.24 bits per heavy atom. The Hall–Kier alpha value is -0.890. The Labute approximate surface area is 99.0 Å². The number of nitrogens with one attached hydrogen (secondary N) is 1. The van der Waals surface area contributed by atoms with Gasteiger partial charge in [-0.15, -0.1) is 0 Å². The summed E-state index contributed by atoms with van der Waals surface area (Å²) in [6.45, 7) is 1.86. The maximum absolute atomic E-state index is 11.7. The summed E-state index contributed by atoms with van der Waals surface area (Å²) in [6.07, 6.45) is -2.42. The molecule has 0 saturated carbocycles. The van der Waals surface area contributed by atoms with Crippen molar-refractivity contribution in [3.05, 3.63) is 0 Å². The lowest BCUT2D eigenvalue weighted by molar-refractivity contribution is -0.0775. The van der Waals surface area contributed by atoms with Gasteiger partial charge in [-0.2, -0.15) is 0 Å². The van der Waals surface area contributed by atoms with Crippen molar-refractivity contribution in [1.29, 1.82) is 0 Å². The first-order valence-corrected chi connectivity index (χ1v) is 5.74. The summed E-state index contributed by atoms with van der Waals surface area (Å²) >= 11 is 0. The summed E-state index contributed by atoms with van der Waals surface area (Å²) in [6, 6.07) is -0.411. The van der Waals surface area contributed by atoms with Crippen LogP contribution in [0.3, 0.4) is 0 Å². The van der Waals surface area contributed by atoms with Gasteiger partial charge in [0.15, 0.2) is 0 Å². The first-order chi connectivity index (χ1) is 8.04. The summed E-state index contributed by atoms with van der Waals surface area (Å²) in [7, 11) is 0. The van der Waals surface area contributed by atoms with Crippen LogP contribution in [0.2, 0.25) is 0 Å². The topological polar surface area (TPSA) is 102 Å². The van der Waals surface area contributed by atoms with E-state index in [1.54, 1.807) is 6.92 Å². The van der Waals surface area contributed by atoms with Crippen LogP contribution in [0, 0.1) is 5.92 Å². The number of aliphatic hydroxyl groups excluding tert-OH is 3. The molecular weight excluding hydrogens is 228 g/mol. The van der Waals surface area contributed by atoms with E-state index in [1.165, 1.54) is 4.90 Å². The van der Waals surface area contributed by atoms with E-state index in [9.17, 15) is 15.0 Å². The molecule has 2 rings (SSSR count). The summed E-state index contributed by atoms with van der Waals surface area (Å²) in [5.41, 5.74) is 0. The molecule has 2 heterocycles. The molecule has 0 radical (unpaired) electrons. The Balaban J connectivity index is 2.05. The number of hydrogen-bond acceptors (Lipinski definition) is 5. The second kappa shape index (κ2) is 4.77. The summed E-state index contributed by atoms with van der Waals surface area (Å²) in [5, 5.41) is 30.5. The highest BCUT2D eigenvalue weighted by Crippen LogP contribution is 2.30. The normalized spacial score (nSPS) is 42.7. The number of rotatable bonds is 2. The van der Waals surface area contributed by atoms with Crippen LogP contribution in [-0.4, -0.2) is 64.1 Å². The van der Waals surface area contributed by atoms with E-state index >= 15 is 0 Å². The van der Waals surface area contributed by atoms with E-state index in [0.717, 1.165) is 0 Å². The number of amides is 2. The third-order valence-corrected chi connectivity index (χ3v) is 3.37. The van der Waals surface area contributed by atoms with Crippen LogP contribution in [0.5, 0.6) is 0 Å². The molecule has 2 saturated heterocycles.